The summed E-state index contributed by atoms with van der Waals surface area (Å²) in [4.78, 5) is 27.0. The number of carboxylic acid groups (broad SMARTS) is 1. The number of aromatic nitrogens is 3. The lowest BCUT2D eigenvalue weighted by Crippen LogP contribution is -2.15. The summed E-state index contributed by atoms with van der Waals surface area (Å²) in [7, 11) is 0. The molecule has 2 aromatic rings. The molecule has 0 aromatic carbocycles. The van der Waals surface area contributed by atoms with Crippen molar-refractivity contribution in [3.63, 3.8) is 0 Å². The molecule has 0 radical (unpaired) electrons. The first-order chi connectivity index (χ1) is 9.88. The molecule has 0 aliphatic rings. The summed E-state index contributed by atoms with van der Waals surface area (Å²) < 4.78 is 1.72. The number of nitrogens with zero attached hydrogens (tertiary/aromatic N) is 3. The Labute approximate surface area is 121 Å². The number of hydrogen-bond acceptors (Lipinski definition) is 4. The van der Waals surface area contributed by atoms with E-state index < -0.39 is 11.9 Å². The zero-order chi connectivity index (χ0) is 15.6. The van der Waals surface area contributed by atoms with Crippen molar-refractivity contribution >= 4 is 17.6 Å². The molecule has 110 valence electrons. The topological polar surface area (TPSA) is 97.1 Å². The van der Waals surface area contributed by atoms with E-state index in [4.69, 9.17) is 5.11 Å². The van der Waals surface area contributed by atoms with Gasteiger partial charge in [0.25, 0.3) is 5.91 Å². The van der Waals surface area contributed by atoms with Crippen LogP contribution in [0.25, 0.3) is 0 Å². The quantitative estimate of drug-likeness (QED) is 0.898. The van der Waals surface area contributed by atoms with E-state index in [1.807, 2.05) is 13.8 Å². The second-order valence-electron chi connectivity index (χ2n) is 4.89. The van der Waals surface area contributed by atoms with Crippen LogP contribution in [-0.4, -0.2) is 31.7 Å². The second kappa shape index (κ2) is 5.74. The smallest absolute Gasteiger partial charge is 0.337 e. The molecule has 1 amide bonds. The molecule has 2 aromatic heterocycles. The van der Waals surface area contributed by atoms with Gasteiger partial charge < -0.3 is 10.4 Å². The minimum Gasteiger partial charge on any atom is -0.478 e. The molecule has 0 unspecified atom stereocenters. The Hall–Kier alpha value is -2.70. The fraction of sp³-hybridized carbons (Fsp3) is 0.286. The van der Waals surface area contributed by atoms with Crippen molar-refractivity contribution in [1.82, 2.24) is 14.8 Å². The van der Waals surface area contributed by atoms with Crippen LogP contribution in [0.3, 0.4) is 0 Å². The summed E-state index contributed by atoms with van der Waals surface area (Å²) in [6.45, 7) is 5.51. The molecule has 2 rings (SSSR count). The van der Waals surface area contributed by atoms with Crippen LogP contribution in [0.1, 0.15) is 46.4 Å². The summed E-state index contributed by atoms with van der Waals surface area (Å²) in [6.07, 6.45) is 3.28. The summed E-state index contributed by atoms with van der Waals surface area (Å²) in [5.41, 5.74) is 1.11. The van der Waals surface area contributed by atoms with Crippen molar-refractivity contribution in [2.75, 3.05) is 5.32 Å². The predicted molar refractivity (Wildman–Crippen MR) is 76.5 cm³/mol. The van der Waals surface area contributed by atoms with Gasteiger partial charge in [-0.2, -0.15) is 5.10 Å². The molecule has 0 aliphatic heterocycles. The van der Waals surface area contributed by atoms with Gasteiger partial charge in [0, 0.05) is 12.2 Å². The van der Waals surface area contributed by atoms with Crippen LogP contribution >= 0.6 is 0 Å². The van der Waals surface area contributed by atoms with Crippen LogP contribution in [0.5, 0.6) is 0 Å². The number of aromatic carboxylic acids is 1. The molecule has 21 heavy (non-hydrogen) atoms. The number of aryl methyl sites for hydroxylation is 1. The molecule has 7 heteroatoms. The summed E-state index contributed by atoms with van der Waals surface area (Å²) in [5.74, 6) is -1.47. The van der Waals surface area contributed by atoms with Gasteiger partial charge in [0.15, 0.2) is 0 Å². The van der Waals surface area contributed by atoms with Crippen LogP contribution in [-0.2, 0) is 0 Å². The number of carbonyl (C=O) groups is 2. The molecule has 0 bridgehead atoms. The maximum atomic E-state index is 12.1. The number of amides is 1. The fourth-order valence-corrected chi connectivity index (χ4v) is 1.79. The van der Waals surface area contributed by atoms with Gasteiger partial charge in [-0.1, -0.05) is 0 Å². The first kappa shape index (κ1) is 14.7. The van der Waals surface area contributed by atoms with E-state index in [1.54, 1.807) is 24.0 Å². The minimum atomic E-state index is -1.06. The average molecular weight is 288 g/mol. The van der Waals surface area contributed by atoms with Gasteiger partial charge in [-0.05, 0) is 32.9 Å². The average Bonchev–Trinajstić information content (AvgIpc) is 2.86. The van der Waals surface area contributed by atoms with Crippen LogP contribution < -0.4 is 5.32 Å². The van der Waals surface area contributed by atoms with E-state index in [1.165, 1.54) is 12.1 Å². The van der Waals surface area contributed by atoms with Crippen LogP contribution in [0, 0.1) is 6.92 Å². The third kappa shape index (κ3) is 3.25. The molecule has 7 nitrogen and oxygen atoms in total. The first-order valence-corrected chi connectivity index (χ1v) is 6.45. The van der Waals surface area contributed by atoms with E-state index in [9.17, 15) is 9.59 Å². The van der Waals surface area contributed by atoms with Crippen molar-refractivity contribution in [3.05, 3.63) is 41.5 Å². The highest BCUT2D eigenvalue weighted by molar-refractivity contribution is 6.03. The molecule has 2 N–H and O–H groups in total. The summed E-state index contributed by atoms with van der Waals surface area (Å²) in [5, 5.41) is 15.7. The molecule has 0 spiro atoms. The van der Waals surface area contributed by atoms with E-state index in [0.717, 1.165) is 0 Å². The predicted octanol–water partition coefficient (Wildman–Crippen LogP) is 2.12. The maximum Gasteiger partial charge on any atom is 0.337 e. The third-order valence-corrected chi connectivity index (χ3v) is 2.94. The Kier molecular flexibility index (Phi) is 4.02. The third-order valence-electron chi connectivity index (χ3n) is 2.94. The number of pyridine rings is 1. The Morgan fingerprint density at radius 3 is 2.57 bits per heavy atom. The number of carboxylic acids is 1. The SMILES string of the molecule is Cc1nc(C(=O)Nc2cnn(C(C)C)c2)ccc1C(=O)O. The summed E-state index contributed by atoms with van der Waals surface area (Å²) in [6, 6.07) is 2.96. The Morgan fingerprint density at radius 2 is 2.05 bits per heavy atom. The Bertz CT molecular complexity index is 691. The highest BCUT2D eigenvalue weighted by atomic mass is 16.4. The summed E-state index contributed by atoms with van der Waals surface area (Å²) >= 11 is 0. The normalized spacial score (nSPS) is 10.7. The van der Waals surface area contributed by atoms with Gasteiger partial charge in [0.05, 0.1) is 23.1 Å². The van der Waals surface area contributed by atoms with E-state index >= 15 is 0 Å². The molecule has 0 atom stereocenters. The van der Waals surface area contributed by atoms with Gasteiger partial charge >= 0.3 is 5.97 Å². The van der Waals surface area contributed by atoms with Crippen molar-refractivity contribution in [2.24, 2.45) is 0 Å². The highest BCUT2D eigenvalue weighted by Gasteiger charge is 2.14. The monoisotopic (exact) mass is 288 g/mol. The fourth-order valence-electron chi connectivity index (χ4n) is 1.79. The molecule has 0 fully saturated rings. The molecular weight excluding hydrogens is 272 g/mol. The highest BCUT2D eigenvalue weighted by Crippen LogP contribution is 2.12. The second-order valence-corrected chi connectivity index (χ2v) is 4.89. The largest absolute Gasteiger partial charge is 0.478 e. The number of nitrogens with one attached hydrogen (secondary N) is 1. The first-order valence-electron chi connectivity index (χ1n) is 6.45. The van der Waals surface area contributed by atoms with E-state index in [-0.39, 0.29) is 17.3 Å². The van der Waals surface area contributed by atoms with Crippen molar-refractivity contribution in [3.8, 4) is 0 Å². The Morgan fingerprint density at radius 1 is 1.33 bits per heavy atom. The zero-order valence-corrected chi connectivity index (χ0v) is 12.0. The lowest BCUT2D eigenvalue weighted by molar-refractivity contribution is 0.0695. The van der Waals surface area contributed by atoms with Crippen molar-refractivity contribution in [2.45, 2.75) is 26.8 Å². The van der Waals surface area contributed by atoms with Crippen LogP contribution in [0.2, 0.25) is 0 Å². The molecule has 0 saturated heterocycles. The van der Waals surface area contributed by atoms with Crippen LogP contribution in [0.15, 0.2) is 24.5 Å². The van der Waals surface area contributed by atoms with Crippen LogP contribution in [0.4, 0.5) is 5.69 Å². The number of anilines is 1. The van der Waals surface area contributed by atoms with Gasteiger partial charge in [0.1, 0.15) is 5.69 Å². The number of carbonyl (C=O) groups excluding carboxylic acids is 1. The van der Waals surface area contributed by atoms with Gasteiger partial charge in [0.2, 0.25) is 0 Å². The lowest BCUT2D eigenvalue weighted by Gasteiger charge is -2.05. The Balaban J connectivity index is 2.16. The van der Waals surface area contributed by atoms with Crippen molar-refractivity contribution in [1.29, 1.82) is 0 Å². The maximum absolute atomic E-state index is 12.1. The number of rotatable bonds is 4. The van der Waals surface area contributed by atoms with Gasteiger partial charge in [-0.3, -0.25) is 9.48 Å². The van der Waals surface area contributed by atoms with E-state index in [2.05, 4.69) is 15.4 Å². The molecule has 2 heterocycles. The minimum absolute atomic E-state index is 0.0826. The van der Waals surface area contributed by atoms with Crippen molar-refractivity contribution < 1.29 is 14.7 Å². The van der Waals surface area contributed by atoms with Gasteiger partial charge in [-0.15, -0.1) is 0 Å². The molecule has 0 aliphatic carbocycles. The number of hydrogen-bond donors (Lipinski definition) is 2. The molecular formula is C14H16N4O3. The van der Waals surface area contributed by atoms with E-state index in [0.29, 0.717) is 11.4 Å². The standard InChI is InChI=1S/C14H16N4O3/c1-8(2)18-7-10(6-15-18)17-13(19)12-5-4-11(14(20)21)9(3)16-12/h4-8H,1-3H3,(H,17,19)(H,20,21). The molecule has 0 saturated carbocycles. The zero-order valence-electron chi connectivity index (χ0n) is 12.0. The lowest BCUT2D eigenvalue weighted by atomic mass is 10.2. The van der Waals surface area contributed by atoms with Gasteiger partial charge in [-0.25, -0.2) is 9.78 Å².